The van der Waals surface area contributed by atoms with Gasteiger partial charge in [-0.15, -0.1) is 0 Å². The van der Waals surface area contributed by atoms with E-state index in [9.17, 15) is 45.8 Å². The van der Waals surface area contributed by atoms with Gasteiger partial charge in [0.25, 0.3) is 0 Å². The Hall–Kier alpha value is -2.79. The van der Waals surface area contributed by atoms with Gasteiger partial charge in [0, 0.05) is 0 Å². The summed E-state index contributed by atoms with van der Waals surface area (Å²) >= 11 is 0. The van der Waals surface area contributed by atoms with Gasteiger partial charge in [0.05, 0.1) is 30.1 Å². The van der Waals surface area contributed by atoms with Crippen LogP contribution in [0.25, 0.3) is 0 Å². The highest BCUT2D eigenvalue weighted by molar-refractivity contribution is 5.85. The molecule has 1 rings (SSSR count). The van der Waals surface area contributed by atoms with Gasteiger partial charge < -0.3 is 15.2 Å². The standard InChI is InChI=1S/C18H19F6NO5/c1-3-30-16(29)9(2)4-13(15(27)28)25-14(26)7-10-5-11(17(19,20)21)8-12(6-10)18(22,23)24/h5-6,8-9,13H,3-4,7H2,1-2H3,(H,25,26)(H,27,28)/t9-,13+/m1/s1. The average molecular weight is 443 g/mol. The molecule has 0 saturated carbocycles. The van der Waals surface area contributed by atoms with Gasteiger partial charge in [0.15, 0.2) is 0 Å². The second-order valence-electron chi connectivity index (χ2n) is 6.44. The Kier molecular flexibility index (Phi) is 8.25. The van der Waals surface area contributed by atoms with E-state index in [2.05, 4.69) is 0 Å². The molecule has 0 spiro atoms. The van der Waals surface area contributed by atoms with Crippen molar-refractivity contribution in [3.8, 4) is 0 Å². The fourth-order valence-corrected chi connectivity index (χ4v) is 2.51. The number of benzene rings is 1. The molecule has 0 aliphatic heterocycles. The minimum atomic E-state index is -5.08. The van der Waals surface area contributed by atoms with E-state index in [0.29, 0.717) is 12.1 Å². The quantitative estimate of drug-likeness (QED) is 0.475. The Balaban J connectivity index is 3.02. The zero-order valence-electron chi connectivity index (χ0n) is 15.9. The highest BCUT2D eigenvalue weighted by atomic mass is 19.4. The number of carbonyl (C=O) groups is 3. The van der Waals surface area contributed by atoms with Crippen LogP contribution in [0.2, 0.25) is 0 Å². The fourth-order valence-electron chi connectivity index (χ4n) is 2.51. The number of carboxylic acid groups (broad SMARTS) is 1. The second kappa shape index (κ2) is 9.81. The number of esters is 1. The monoisotopic (exact) mass is 443 g/mol. The molecule has 2 N–H and O–H groups in total. The lowest BCUT2D eigenvalue weighted by molar-refractivity contribution is -0.149. The van der Waals surface area contributed by atoms with Gasteiger partial charge in [-0.3, -0.25) is 9.59 Å². The first-order valence-electron chi connectivity index (χ1n) is 8.62. The number of halogens is 6. The van der Waals surface area contributed by atoms with Crippen LogP contribution in [-0.2, 0) is 37.9 Å². The van der Waals surface area contributed by atoms with Crippen molar-refractivity contribution < 1.29 is 50.6 Å². The Morgan fingerprint density at radius 1 is 1.03 bits per heavy atom. The summed E-state index contributed by atoms with van der Waals surface area (Å²) in [5.74, 6) is -4.28. The smallest absolute Gasteiger partial charge is 0.416 e. The molecule has 0 aromatic heterocycles. The number of rotatable bonds is 8. The Morgan fingerprint density at radius 2 is 1.53 bits per heavy atom. The summed E-state index contributed by atoms with van der Waals surface area (Å²) in [5.41, 5.74) is -3.78. The molecule has 0 aliphatic rings. The molecule has 0 fully saturated rings. The van der Waals surface area contributed by atoms with Crippen LogP contribution in [0.15, 0.2) is 18.2 Å². The first kappa shape index (κ1) is 25.2. The van der Waals surface area contributed by atoms with Crippen LogP contribution in [0.4, 0.5) is 26.3 Å². The molecule has 2 atom stereocenters. The maximum absolute atomic E-state index is 12.9. The summed E-state index contributed by atoms with van der Waals surface area (Å²) in [5, 5.41) is 11.2. The van der Waals surface area contributed by atoms with Crippen molar-refractivity contribution in [3.63, 3.8) is 0 Å². The maximum Gasteiger partial charge on any atom is 0.416 e. The van der Waals surface area contributed by atoms with Crippen LogP contribution in [0.3, 0.4) is 0 Å². The molecule has 1 aromatic rings. The van der Waals surface area contributed by atoms with E-state index in [-0.39, 0.29) is 19.1 Å². The predicted molar refractivity (Wildman–Crippen MR) is 90.1 cm³/mol. The van der Waals surface area contributed by atoms with Crippen molar-refractivity contribution in [2.45, 2.75) is 45.1 Å². The molecule has 0 saturated heterocycles. The van der Waals surface area contributed by atoms with Crippen molar-refractivity contribution in [2.75, 3.05) is 6.61 Å². The third-order valence-electron chi connectivity index (χ3n) is 3.92. The number of ether oxygens (including phenoxy) is 1. The van der Waals surface area contributed by atoms with Gasteiger partial charge >= 0.3 is 24.3 Å². The molecule has 6 nitrogen and oxygen atoms in total. The normalized spacial score (nSPS) is 14.0. The molecule has 1 amide bonds. The number of carboxylic acids is 1. The zero-order chi connectivity index (χ0) is 23.3. The van der Waals surface area contributed by atoms with Gasteiger partial charge in [0.1, 0.15) is 6.04 Å². The van der Waals surface area contributed by atoms with Gasteiger partial charge in [-0.25, -0.2) is 4.79 Å². The molecule has 0 aliphatic carbocycles. The molecular formula is C18H19F6NO5. The average Bonchev–Trinajstić information content (AvgIpc) is 2.59. The first-order chi connectivity index (χ1) is 13.6. The first-order valence-corrected chi connectivity index (χ1v) is 8.62. The summed E-state index contributed by atoms with van der Waals surface area (Å²) in [7, 11) is 0. The van der Waals surface area contributed by atoms with Crippen LogP contribution in [-0.4, -0.2) is 35.6 Å². The van der Waals surface area contributed by atoms with Crippen LogP contribution in [0, 0.1) is 5.92 Å². The van der Waals surface area contributed by atoms with Crippen LogP contribution in [0.1, 0.15) is 37.0 Å². The zero-order valence-corrected chi connectivity index (χ0v) is 15.9. The lowest BCUT2D eigenvalue weighted by Gasteiger charge is -2.18. The Labute approximate surface area is 167 Å². The molecule has 168 valence electrons. The topological polar surface area (TPSA) is 92.7 Å². The number of amides is 1. The molecule has 30 heavy (non-hydrogen) atoms. The summed E-state index contributed by atoms with van der Waals surface area (Å²) < 4.78 is 82.0. The Bertz CT molecular complexity index is 758. The number of carbonyl (C=O) groups excluding carboxylic acids is 2. The van der Waals surface area contributed by atoms with Gasteiger partial charge in [0.2, 0.25) is 5.91 Å². The van der Waals surface area contributed by atoms with Crippen LogP contribution < -0.4 is 5.32 Å². The third kappa shape index (κ3) is 7.56. The molecule has 0 radical (unpaired) electrons. The largest absolute Gasteiger partial charge is 0.480 e. The maximum atomic E-state index is 12.9. The number of hydrogen-bond acceptors (Lipinski definition) is 4. The molecule has 1 aromatic carbocycles. The van der Waals surface area contributed by atoms with E-state index in [1.54, 1.807) is 0 Å². The SMILES string of the molecule is CCOC(=O)[C@H](C)C[C@H](NC(=O)Cc1cc(C(F)(F)F)cc(C(F)(F)F)c1)C(=O)O. The Morgan fingerprint density at radius 3 is 1.93 bits per heavy atom. The minimum Gasteiger partial charge on any atom is -0.480 e. The lowest BCUT2D eigenvalue weighted by Crippen LogP contribution is -2.43. The van der Waals surface area contributed by atoms with Gasteiger partial charge in [-0.05, 0) is 37.1 Å². The number of alkyl halides is 6. The van der Waals surface area contributed by atoms with E-state index in [1.807, 2.05) is 5.32 Å². The van der Waals surface area contributed by atoms with E-state index in [4.69, 9.17) is 4.74 Å². The van der Waals surface area contributed by atoms with E-state index in [0.717, 1.165) is 0 Å². The lowest BCUT2D eigenvalue weighted by atomic mass is 10.0. The molecular weight excluding hydrogens is 424 g/mol. The molecule has 0 unspecified atom stereocenters. The summed E-state index contributed by atoms with van der Waals surface area (Å²) in [6.45, 7) is 2.93. The highest BCUT2D eigenvalue weighted by Gasteiger charge is 2.37. The van der Waals surface area contributed by atoms with Crippen LogP contribution in [0.5, 0.6) is 0 Å². The highest BCUT2D eigenvalue weighted by Crippen LogP contribution is 2.36. The van der Waals surface area contributed by atoms with Gasteiger partial charge in [-0.1, -0.05) is 6.92 Å². The van der Waals surface area contributed by atoms with Crippen molar-refractivity contribution >= 4 is 17.8 Å². The van der Waals surface area contributed by atoms with Crippen molar-refractivity contribution in [1.82, 2.24) is 5.32 Å². The number of aliphatic carboxylic acids is 1. The van der Waals surface area contributed by atoms with Crippen molar-refractivity contribution in [2.24, 2.45) is 5.92 Å². The van der Waals surface area contributed by atoms with E-state index in [1.165, 1.54) is 13.8 Å². The summed E-state index contributed by atoms with van der Waals surface area (Å²) in [4.78, 5) is 35.0. The molecule has 0 heterocycles. The second-order valence-corrected chi connectivity index (χ2v) is 6.44. The third-order valence-corrected chi connectivity index (χ3v) is 3.92. The predicted octanol–water partition coefficient (Wildman–Crippen LogP) is 3.43. The fraction of sp³-hybridized carbons (Fsp3) is 0.500. The summed E-state index contributed by atoms with van der Waals surface area (Å²) in [6.07, 6.45) is -11.5. The molecule has 12 heteroatoms. The van der Waals surface area contributed by atoms with Crippen molar-refractivity contribution in [1.29, 1.82) is 0 Å². The summed E-state index contributed by atoms with van der Waals surface area (Å²) in [6, 6.07) is -0.912. The van der Waals surface area contributed by atoms with E-state index < -0.39 is 65.3 Å². The number of nitrogens with one attached hydrogen (secondary N) is 1. The molecule has 0 bridgehead atoms. The minimum absolute atomic E-state index is 0.0460. The number of hydrogen-bond donors (Lipinski definition) is 2. The van der Waals surface area contributed by atoms with E-state index >= 15 is 0 Å². The van der Waals surface area contributed by atoms with Crippen molar-refractivity contribution in [3.05, 3.63) is 34.9 Å². The van der Waals surface area contributed by atoms with Gasteiger partial charge in [-0.2, -0.15) is 26.3 Å². The van der Waals surface area contributed by atoms with Crippen LogP contribution >= 0.6 is 0 Å².